The molecule has 2 fully saturated rings. The zero-order chi connectivity index (χ0) is 23.2. The predicted octanol–water partition coefficient (Wildman–Crippen LogP) is 5.62. The Morgan fingerprint density at radius 3 is 2.67 bits per heavy atom. The van der Waals surface area contributed by atoms with Crippen LogP contribution in [-0.2, 0) is 16.4 Å². The Balaban J connectivity index is 1.46. The molecule has 1 aromatic carbocycles. The van der Waals surface area contributed by atoms with E-state index in [1.165, 1.54) is 17.8 Å². The van der Waals surface area contributed by atoms with Crippen molar-refractivity contribution in [2.75, 3.05) is 29.5 Å². The van der Waals surface area contributed by atoms with Gasteiger partial charge in [0.05, 0.1) is 23.1 Å². The first-order valence-electron chi connectivity index (χ1n) is 11.0. The van der Waals surface area contributed by atoms with Gasteiger partial charge in [-0.15, -0.1) is 11.3 Å². The summed E-state index contributed by atoms with van der Waals surface area (Å²) in [6.45, 7) is 2.10. The van der Waals surface area contributed by atoms with Gasteiger partial charge >= 0.3 is 0 Å². The van der Waals surface area contributed by atoms with Crippen LogP contribution in [0.5, 0.6) is 0 Å². The summed E-state index contributed by atoms with van der Waals surface area (Å²) in [6, 6.07) is 8.71. The lowest BCUT2D eigenvalue weighted by atomic mass is 10.1. The van der Waals surface area contributed by atoms with E-state index >= 15 is 0 Å². The third-order valence-corrected chi connectivity index (χ3v) is 9.97. The van der Waals surface area contributed by atoms with Crippen molar-refractivity contribution in [3.8, 4) is 0 Å². The molecule has 0 N–H and O–H groups in total. The Hall–Kier alpha value is -1.74. The first kappa shape index (κ1) is 23.0. The second kappa shape index (κ2) is 9.13. The number of hydrogen-bond donors (Lipinski definition) is 0. The first-order chi connectivity index (χ1) is 15.8. The molecule has 0 spiro atoms. The first-order valence-corrected chi connectivity index (χ1v) is 14.4. The van der Waals surface area contributed by atoms with E-state index in [4.69, 9.17) is 27.6 Å². The number of furan rings is 1. The highest BCUT2D eigenvalue weighted by Gasteiger charge is 2.37. The van der Waals surface area contributed by atoms with Crippen LogP contribution in [0.25, 0.3) is 10.1 Å². The minimum Gasteiger partial charge on any atom is -0.444 e. The Labute approximate surface area is 207 Å². The molecule has 176 valence electrons. The second-order valence-corrected chi connectivity index (χ2v) is 12.8. The standard InChI is InChI=1S/C23H24Cl2N2O4S2/c24-15-4-6-18-19(12-15)32-22(21(18)25)23(28)27(16-8-11-33(29,30)14-16)13-17-5-7-20(31-17)26-9-2-1-3-10-26/h4-7,12,16H,1-3,8-11,13-14H2. The Morgan fingerprint density at radius 2 is 1.94 bits per heavy atom. The van der Waals surface area contributed by atoms with Crippen molar-refractivity contribution in [1.29, 1.82) is 0 Å². The largest absolute Gasteiger partial charge is 0.444 e. The molecule has 1 unspecified atom stereocenters. The van der Waals surface area contributed by atoms with E-state index < -0.39 is 15.9 Å². The maximum atomic E-state index is 13.7. The molecule has 6 nitrogen and oxygen atoms in total. The number of nitrogens with zero attached hydrogens (tertiary/aromatic N) is 2. The molecule has 1 amide bonds. The lowest BCUT2D eigenvalue weighted by Crippen LogP contribution is -2.40. The van der Waals surface area contributed by atoms with Gasteiger partial charge in [0.25, 0.3) is 5.91 Å². The van der Waals surface area contributed by atoms with E-state index in [1.807, 2.05) is 12.1 Å². The Bertz CT molecular complexity index is 1300. The van der Waals surface area contributed by atoms with Gasteiger partial charge in [0.2, 0.25) is 0 Å². The maximum absolute atomic E-state index is 13.7. The van der Waals surface area contributed by atoms with E-state index in [9.17, 15) is 13.2 Å². The number of rotatable bonds is 5. The SMILES string of the molecule is O=C(c1sc2cc(Cl)ccc2c1Cl)N(Cc1ccc(N2CCCCC2)o1)C1CCS(=O)(=O)C1. The molecule has 3 aromatic rings. The summed E-state index contributed by atoms with van der Waals surface area (Å²) in [7, 11) is -3.18. The van der Waals surface area contributed by atoms with Crippen LogP contribution in [0.15, 0.2) is 34.7 Å². The molecule has 0 aliphatic carbocycles. The molecule has 2 saturated heterocycles. The summed E-state index contributed by atoms with van der Waals surface area (Å²) >= 11 is 14.0. The number of amides is 1. The van der Waals surface area contributed by atoms with Gasteiger partial charge in [0.1, 0.15) is 10.6 Å². The topological polar surface area (TPSA) is 70.8 Å². The third kappa shape index (κ3) is 4.76. The molecule has 2 aliphatic heterocycles. The summed E-state index contributed by atoms with van der Waals surface area (Å²) < 4.78 is 31.3. The summed E-state index contributed by atoms with van der Waals surface area (Å²) in [5.74, 6) is 1.18. The zero-order valence-electron chi connectivity index (χ0n) is 17.9. The van der Waals surface area contributed by atoms with E-state index in [0.29, 0.717) is 27.1 Å². The van der Waals surface area contributed by atoms with Crippen LogP contribution in [-0.4, -0.2) is 49.9 Å². The zero-order valence-corrected chi connectivity index (χ0v) is 21.1. The van der Waals surface area contributed by atoms with E-state index in [1.54, 1.807) is 23.1 Å². The van der Waals surface area contributed by atoms with Gasteiger partial charge < -0.3 is 14.2 Å². The van der Waals surface area contributed by atoms with Crippen molar-refractivity contribution in [3.05, 3.63) is 51.0 Å². The predicted molar refractivity (Wildman–Crippen MR) is 134 cm³/mol. The maximum Gasteiger partial charge on any atom is 0.266 e. The Morgan fingerprint density at radius 1 is 1.15 bits per heavy atom. The molecule has 10 heteroatoms. The van der Waals surface area contributed by atoms with Crippen LogP contribution in [0, 0.1) is 0 Å². The van der Waals surface area contributed by atoms with Crippen LogP contribution in [0.2, 0.25) is 10.0 Å². The molecule has 2 aromatic heterocycles. The molecular formula is C23H24Cl2N2O4S2. The van der Waals surface area contributed by atoms with Crippen LogP contribution >= 0.6 is 34.5 Å². The number of fused-ring (bicyclic) bond motifs is 1. The summed E-state index contributed by atoms with van der Waals surface area (Å²) in [5, 5.41) is 1.70. The highest BCUT2D eigenvalue weighted by molar-refractivity contribution is 7.91. The van der Waals surface area contributed by atoms with Gasteiger partial charge in [-0.1, -0.05) is 29.3 Å². The number of hydrogen-bond acceptors (Lipinski definition) is 6. The lowest BCUT2D eigenvalue weighted by Gasteiger charge is -2.28. The summed E-state index contributed by atoms with van der Waals surface area (Å²) in [4.78, 5) is 17.9. The average Bonchev–Trinajstić information content (AvgIpc) is 3.49. The van der Waals surface area contributed by atoms with Crippen molar-refractivity contribution in [2.45, 2.75) is 38.3 Å². The molecule has 33 heavy (non-hydrogen) atoms. The van der Waals surface area contributed by atoms with Crippen LogP contribution in [0.3, 0.4) is 0 Å². The molecule has 0 saturated carbocycles. The van der Waals surface area contributed by atoms with E-state index in [0.717, 1.165) is 41.9 Å². The van der Waals surface area contributed by atoms with Crippen LogP contribution in [0.4, 0.5) is 5.88 Å². The number of carbonyl (C=O) groups excluding carboxylic acids is 1. The number of halogens is 2. The van der Waals surface area contributed by atoms with Crippen molar-refractivity contribution in [3.63, 3.8) is 0 Å². The van der Waals surface area contributed by atoms with E-state index in [-0.39, 0.29) is 24.0 Å². The molecule has 2 aliphatic rings. The highest BCUT2D eigenvalue weighted by atomic mass is 35.5. The number of thiophene rings is 1. The minimum absolute atomic E-state index is 0.0488. The molecular weight excluding hydrogens is 503 g/mol. The number of piperidine rings is 1. The quantitative estimate of drug-likeness (QED) is 0.431. The van der Waals surface area contributed by atoms with Crippen molar-refractivity contribution < 1.29 is 17.6 Å². The van der Waals surface area contributed by atoms with Crippen molar-refractivity contribution in [1.82, 2.24) is 4.90 Å². The van der Waals surface area contributed by atoms with Gasteiger partial charge in [-0.25, -0.2) is 8.42 Å². The van der Waals surface area contributed by atoms with Crippen molar-refractivity contribution >= 4 is 66.3 Å². The number of anilines is 1. The Kier molecular flexibility index (Phi) is 6.37. The monoisotopic (exact) mass is 526 g/mol. The minimum atomic E-state index is -3.18. The normalized spacial score (nSPS) is 20.4. The molecule has 0 bridgehead atoms. The number of benzene rings is 1. The third-order valence-electron chi connectivity index (χ3n) is 6.34. The molecule has 0 radical (unpaired) electrons. The van der Waals surface area contributed by atoms with Gasteiger partial charge in [-0.05, 0) is 43.9 Å². The van der Waals surface area contributed by atoms with Crippen molar-refractivity contribution in [2.24, 2.45) is 0 Å². The average molecular weight is 527 g/mol. The molecule has 5 rings (SSSR count). The summed E-state index contributed by atoms with van der Waals surface area (Å²) in [6.07, 6.45) is 3.90. The lowest BCUT2D eigenvalue weighted by molar-refractivity contribution is 0.0671. The fourth-order valence-corrected chi connectivity index (χ4v) is 8.07. The highest BCUT2D eigenvalue weighted by Crippen LogP contribution is 2.38. The number of sulfone groups is 1. The van der Waals surface area contributed by atoms with Crippen LogP contribution in [0.1, 0.15) is 41.1 Å². The molecule has 4 heterocycles. The van der Waals surface area contributed by atoms with E-state index in [2.05, 4.69) is 4.90 Å². The number of carbonyl (C=O) groups is 1. The fourth-order valence-electron chi connectivity index (χ4n) is 4.60. The second-order valence-electron chi connectivity index (χ2n) is 8.66. The van der Waals surface area contributed by atoms with Gasteiger partial charge in [-0.3, -0.25) is 4.79 Å². The summed E-state index contributed by atoms with van der Waals surface area (Å²) in [5.41, 5.74) is 0. The fraction of sp³-hybridized carbons (Fsp3) is 0.435. The van der Waals surface area contributed by atoms with Gasteiger partial charge in [0, 0.05) is 40.3 Å². The smallest absolute Gasteiger partial charge is 0.266 e. The van der Waals surface area contributed by atoms with Gasteiger partial charge in [0.15, 0.2) is 15.7 Å². The van der Waals surface area contributed by atoms with Crippen LogP contribution < -0.4 is 4.90 Å². The molecule has 1 atom stereocenters. The van der Waals surface area contributed by atoms with Gasteiger partial charge in [-0.2, -0.15) is 0 Å².